The first-order valence-corrected chi connectivity index (χ1v) is 6.03. The normalized spacial score (nSPS) is 9.24. The summed E-state index contributed by atoms with van der Waals surface area (Å²) in [5, 5.41) is 3.33. The van der Waals surface area contributed by atoms with E-state index >= 15 is 0 Å². The largest absolute Gasteiger partial charge is 0.355 e. The fourth-order valence-corrected chi connectivity index (χ4v) is 1.58. The van der Waals surface area contributed by atoms with Gasteiger partial charge in [-0.3, -0.25) is 0 Å². The Labute approximate surface area is 107 Å². The third-order valence-electron chi connectivity index (χ3n) is 2.24. The van der Waals surface area contributed by atoms with Crippen LogP contribution < -0.4 is 5.32 Å². The molecule has 0 radical (unpaired) electrons. The van der Waals surface area contributed by atoms with Crippen molar-refractivity contribution >= 4 is 24.0 Å². The van der Waals surface area contributed by atoms with Crippen molar-refractivity contribution in [2.45, 2.75) is 0 Å². The van der Waals surface area contributed by atoms with Crippen LogP contribution in [0.2, 0.25) is 0 Å². The molecule has 17 heavy (non-hydrogen) atoms. The number of anilines is 2. The quantitative estimate of drug-likeness (QED) is 0.601. The lowest BCUT2D eigenvalue weighted by atomic mass is 10.2. The second kappa shape index (κ2) is 6.03. The average Bonchev–Trinajstić information content (AvgIpc) is 2.38. The van der Waals surface area contributed by atoms with Gasteiger partial charge in [-0.2, -0.15) is 12.6 Å². The molecule has 0 heterocycles. The molecule has 1 N–H and O–H groups in total. The first-order valence-electron chi connectivity index (χ1n) is 5.40. The Morgan fingerprint density at radius 2 is 1.71 bits per heavy atom. The molecule has 0 saturated heterocycles. The Hall–Kier alpha value is -1.85. The predicted octanol–water partition coefficient (Wildman–Crippen LogP) is 3.71. The van der Waals surface area contributed by atoms with Crippen LogP contribution in [0.15, 0.2) is 54.6 Å². The molecule has 1 nitrogen and oxygen atoms in total. The van der Waals surface area contributed by atoms with E-state index in [1.807, 2.05) is 54.6 Å². The van der Waals surface area contributed by atoms with Crippen LogP contribution in [0, 0.1) is 11.8 Å². The first-order chi connectivity index (χ1) is 8.38. The molecule has 0 amide bonds. The zero-order chi connectivity index (χ0) is 11.9. The smallest absolute Gasteiger partial charge is 0.0521 e. The van der Waals surface area contributed by atoms with Gasteiger partial charge in [0.1, 0.15) is 0 Å². The molecule has 2 heteroatoms. The SMILES string of the molecule is SCC#Cc1cccc(Nc2ccccc2)c1. The minimum Gasteiger partial charge on any atom is -0.355 e. The fourth-order valence-electron chi connectivity index (χ4n) is 1.50. The lowest BCUT2D eigenvalue weighted by Crippen LogP contribution is -1.89. The van der Waals surface area contributed by atoms with Crippen molar-refractivity contribution in [1.82, 2.24) is 0 Å². The van der Waals surface area contributed by atoms with Crippen molar-refractivity contribution < 1.29 is 0 Å². The third kappa shape index (κ3) is 3.58. The summed E-state index contributed by atoms with van der Waals surface area (Å²) in [6, 6.07) is 18.1. The number of hydrogen-bond donors (Lipinski definition) is 2. The first kappa shape index (κ1) is 11.6. The number of benzene rings is 2. The number of rotatable bonds is 2. The van der Waals surface area contributed by atoms with E-state index in [0.717, 1.165) is 16.9 Å². The van der Waals surface area contributed by atoms with E-state index in [9.17, 15) is 0 Å². The van der Waals surface area contributed by atoms with E-state index in [1.165, 1.54) is 0 Å². The monoisotopic (exact) mass is 239 g/mol. The number of thiol groups is 1. The predicted molar refractivity (Wildman–Crippen MR) is 76.9 cm³/mol. The van der Waals surface area contributed by atoms with Crippen LogP contribution in [0.25, 0.3) is 0 Å². The summed E-state index contributed by atoms with van der Waals surface area (Å²) in [4.78, 5) is 0. The van der Waals surface area contributed by atoms with Gasteiger partial charge in [0.15, 0.2) is 0 Å². The summed E-state index contributed by atoms with van der Waals surface area (Å²) in [6.07, 6.45) is 0. The van der Waals surface area contributed by atoms with E-state index < -0.39 is 0 Å². The molecule has 0 saturated carbocycles. The summed E-state index contributed by atoms with van der Waals surface area (Å²) in [5.74, 6) is 6.58. The van der Waals surface area contributed by atoms with Crippen molar-refractivity contribution in [1.29, 1.82) is 0 Å². The van der Waals surface area contributed by atoms with Crippen molar-refractivity contribution in [3.63, 3.8) is 0 Å². The molecular formula is C15H13NS. The van der Waals surface area contributed by atoms with Crippen molar-refractivity contribution in [3.05, 3.63) is 60.2 Å². The maximum absolute atomic E-state index is 4.07. The highest BCUT2D eigenvalue weighted by molar-refractivity contribution is 7.80. The standard InChI is InChI=1S/C15H13NS/c17-11-5-7-13-6-4-10-15(12-13)16-14-8-2-1-3-9-14/h1-4,6,8-10,12,16-17H,11H2. The summed E-state index contributed by atoms with van der Waals surface area (Å²) < 4.78 is 0. The van der Waals surface area contributed by atoms with E-state index in [4.69, 9.17) is 0 Å². The maximum Gasteiger partial charge on any atom is 0.0521 e. The van der Waals surface area contributed by atoms with Gasteiger partial charge in [-0.25, -0.2) is 0 Å². The molecular weight excluding hydrogens is 226 g/mol. The molecule has 0 aliphatic rings. The average molecular weight is 239 g/mol. The summed E-state index contributed by atoms with van der Waals surface area (Å²) in [7, 11) is 0. The number of para-hydroxylation sites is 1. The molecule has 0 fully saturated rings. The van der Waals surface area contributed by atoms with Gasteiger partial charge >= 0.3 is 0 Å². The van der Waals surface area contributed by atoms with Crippen LogP contribution in [0.5, 0.6) is 0 Å². The Morgan fingerprint density at radius 1 is 0.941 bits per heavy atom. The van der Waals surface area contributed by atoms with Gasteiger partial charge in [0.25, 0.3) is 0 Å². The van der Waals surface area contributed by atoms with Gasteiger partial charge in [0.2, 0.25) is 0 Å². The Morgan fingerprint density at radius 3 is 2.47 bits per heavy atom. The van der Waals surface area contributed by atoms with Gasteiger partial charge < -0.3 is 5.32 Å². The van der Waals surface area contributed by atoms with Crippen molar-refractivity contribution in [2.24, 2.45) is 0 Å². The molecule has 0 aromatic heterocycles. The van der Waals surface area contributed by atoms with Crippen molar-refractivity contribution in [3.8, 4) is 11.8 Å². The molecule has 84 valence electrons. The fraction of sp³-hybridized carbons (Fsp3) is 0.0667. The number of hydrogen-bond acceptors (Lipinski definition) is 2. The third-order valence-corrected chi connectivity index (χ3v) is 2.39. The van der Waals surface area contributed by atoms with Crippen LogP contribution in [-0.4, -0.2) is 5.75 Å². The zero-order valence-corrected chi connectivity index (χ0v) is 10.2. The summed E-state index contributed by atoms with van der Waals surface area (Å²) in [5.41, 5.74) is 3.12. The molecule has 0 aliphatic carbocycles. The lowest BCUT2D eigenvalue weighted by Gasteiger charge is -2.06. The van der Waals surface area contributed by atoms with Crippen LogP contribution in [0.1, 0.15) is 5.56 Å². The van der Waals surface area contributed by atoms with Crippen LogP contribution in [0.3, 0.4) is 0 Å². The minimum atomic E-state index is 0.580. The molecule has 2 aromatic rings. The molecule has 0 spiro atoms. The van der Waals surface area contributed by atoms with Crippen LogP contribution in [0.4, 0.5) is 11.4 Å². The van der Waals surface area contributed by atoms with Gasteiger partial charge in [-0.15, -0.1) is 0 Å². The van der Waals surface area contributed by atoms with Gasteiger partial charge in [0.05, 0.1) is 5.75 Å². The summed E-state index contributed by atoms with van der Waals surface area (Å²) in [6.45, 7) is 0. The molecule has 0 atom stereocenters. The molecule has 0 bridgehead atoms. The van der Waals surface area contributed by atoms with E-state index in [2.05, 4.69) is 29.8 Å². The second-order valence-electron chi connectivity index (χ2n) is 3.53. The molecule has 0 aliphatic heterocycles. The molecule has 2 aromatic carbocycles. The topological polar surface area (TPSA) is 12.0 Å². The maximum atomic E-state index is 4.07. The highest BCUT2D eigenvalue weighted by Crippen LogP contribution is 2.16. The highest BCUT2D eigenvalue weighted by Gasteiger charge is 1.94. The van der Waals surface area contributed by atoms with Gasteiger partial charge in [0, 0.05) is 16.9 Å². The summed E-state index contributed by atoms with van der Waals surface area (Å²) >= 11 is 4.07. The van der Waals surface area contributed by atoms with Crippen molar-refractivity contribution in [2.75, 3.05) is 11.1 Å². The molecule has 0 unspecified atom stereocenters. The van der Waals surface area contributed by atoms with Gasteiger partial charge in [-0.05, 0) is 30.3 Å². The van der Waals surface area contributed by atoms with E-state index in [1.54, 1.807) is 0 Å². The van der Waals surface area contributed by atoms with Crippen LogP contribution in [-0.2, 0) is 0 Å². The number of nitrogens with one attached hydrogen (secondary N) is 1. The van der Waals surface area contributed by atoms with Crippen LogP contribution >= 0.6 is 12.6 Å². The Balaban J connectivity index is 2.17. The Bertz CT molecular complexity index is 538. The highest BCUT2D eigenvalue weighted by atomic mass is 32.1. The second-order valence-corrected chi connectivity index (χ2v) is 3.85. The van der Waals surface area contributed by atoms with E-state index in [-0.39, 0.29) is 0 Å². The van der Waals surface area contributed by atoms with Gasteiger partial charge in [-0.1, -0.05) is 36.1 Å². The van der Waals surface area contributed by atoms with E-state index in [0.29, 0.717) is 5.75 Å². The lowest BCUT2D eigenvalue weighted by molar-refractivity contribution is 1.53. The zero-order valence-electron chi connectivity index (χ0n) is 9.35. The Kier molecular flexibility index (Phi) is 4.12. The minimum absolute atomic E-state index is 0.580. The molecule has 2 rings (SSSR count).